The molecule has 3 N–H and O–H groups in total. The van der Waals surface area contributed by atoms with Gasteiger partial charge in [-0.25, -0.2) is 13.8 Å². The second kappa shape index (κ2) is 6.36. The Labute approximate surface area is 133 Å². The van der Waals surface area contributed by atoms with Gasteiger partial charge in [0.05, 0.1) is 23.6 Å². The molecule has 1 aliphatic carbocycles. The minimum atomic E-state index is -0.581. The number of aryl methyl sites for hydroxylation is 2. The van der Waals surface area contributed by atoms with E-state index in [1.807, 2.05) is 11.7 Å². The van der Waals surface area contributed by atoms with Crippen molar-refractivity contribution in [2.75, 3.05) is 5.32 Å². The Morgan fingerprint density at radius 3 is 2.96 bits per heavy atom. The van der Waals surface area contributed by atoms with Crippen molar-refractivity contribution in [3.05, 3.63) is 46.8 Å². The lowest BCUT2D eigenvalue weighted by Gasteiger charge is -2.11. The van der Waals surface area contributed by atoms with Gasteiger partial charge in [-0.2, -0.15) is 5.10 Å². The zero-order valence-electron chi connectivity index (χ0n) is 12.9. The summed E-state index contributed by atoms with van der Waals surface area (Å²) in [5.41, 5.74) is 9.15. The summed E-state index contributed by atoms with van der Waals surface area (Å²) in [6.45, 7) is 0.356. The first-order chi connectivity index (χ1) is 11.0. The Hall–Kier alpha value is -2.44. The maximum absolute atomic E-state index is 13.6. The van der Waals surface area contributed by atoms with Crippen molar-refractivity contribution in [1.82, 2.24) is 9.78 Å². The third-order valence-corrected chi connectivity index (χ3v) is 4.04. The van der Waals surface area contributed by atoms with Crippen molar-refractivity contribution in [3.63, 3.8) is 0 Å². The summed E-state index contributed by atoms with van der Waals surface area (Å²) in [5, 5.41) is 7.11. The van der Waals surface area contributed by atoms with Crippen LogP contribution >= 0.6 is 0 Å². The quantitative estimate of drug-likeness (QED) is 0.675. The topological polar surface area (TPSA) is 68.2 Å². The molecule has 3 rings (SSSR count). The Balaban J connectivity index is 1.75. The smallest absolute Gasteiger partial charge is 0.193 e. The Kier molecular flexibility index (Phi) is 4.27. The number of fused-ring (bicyclic) bond motifs is 1. The molecule has 0 saturated carbocycles. The van der Waals surface area contributed by atoms with E-state index in [4.69, 9.17) is 5.73 Å². The van der Waals surface area contributed by atoms with Crippen molar-refractivity contribution >= 4 is 11.6 Å². The van der Waals surface area contributed by atoms with Gasteiger partial charge >= 0.3 is 0 Å². The number of benzene rings is 1. The number of nitrogens with two attached hydrogens (primary N) is 1. The van der Waals surface area contributed by atoms with Crippen LogP contribution in [0.15, 0.2) is 23.2 Å². The molecule has 1 heterocycles. The summed E-state index contributed by atoms with van der Waals surface area (Å²) in [5.74, 6) is -1.08. The molecule has 7 heteroatoms. The molecule has 0 saturated heterocycles. The minimum Gasteiger partial charge on any atom is -0.370 e. The SMILES string of the molecule is Cn1nc2c(c1CN=C(N)Nc1cc(F)ccc1F)CCCC2. The molecule has 1 aliphatic rings. The largest absolute Gasteiger partial charge is 0.370 e. The van der Waals surface area contributed by atoms with E-state index >= 15 is 0 Å². The Morgan fingerprint density at radius 2 is 2.13 bits per heavy atom. The number of halogens is 2. The van der Waals surface area contributed by atoms with Crippen LogP contribution in [-0.4, -0.2) is 15.7 Å². The van der Waals surface area contributed by atoms with Crippen LogP contribution < -0.4 is 11.1 Å². The number of rotatable bonds is 3. The van der Waals surface area contributed by atoms with Gasteiger partial charge in [0, 0.05) is 13.1 Å². The Bertz CT molecular complexity index is 751. The van der Waals surface area contributed by atoms with Crippen molar-refractivity contribution in [2.45, 2.75) is 32.2 Å². The molecule has 0 bridgehead atoms. The van der Waals surface area contributed by atoms with E-state index in [-0.39, 0.29) is 11.6 Å². The second-order valence-electron chi connectivity index (χ2n) is 5.65. The highest BCUT2D eigenvalue weighted by atomic mass is 19.1. The van der Waals surface area contributed by atoms with E-state index in [9.17, 15) is 8.78 Å². The first-order valence-corrected chi connectivity index (χ1v) is 7.60. The van der Waals surface area contributed by atoms with Crippen LogP contribution in [0.2, 0.25) is 0 Å². The van der Waals surface area contributed by atoms with Gasteiger partial charge in [0.15, 0.2) is 5.96 Å². The number of hydrogen-bond acceptors (Lipinski definition) is 2. The van der Waals surface area contributed by atoms with Crippen LogP contribution in [0, 0.1) is 11.6 Å². The second-order valence-corrected chi connectivity index (χ2v) is 5.65. The van der Waals surface area contributed by atoms with Crippen LogP contribution in [0.25, 0.3) is 0 Å². The van der Waals surface area contributed by atoms with Crippen LogP contribution in [-0.2, 0) is 26.4 Å². The van der Waals surface area contributed by atoms with Gasteiger partial charge in [-0.1, -0.05) is 0 Å². The summed E-state index contributed by atoms with van der Waals surface area (Å²) < 4.78 is 28.6. The number of anilines is 1. The summed E-state index contributed by atoms with van der Waals surface area (Å²) >= 11 is 0. The van der Waals surface area contributed by atoms with E-state index in [2.05, 4.69) is 15.4 Å². The fourth-order valence-electron chi connectivity index (χ4n) is 2.88. The molecule has 0 amide bonds. The molecular formula is C16H19F2N5. The lowest BCUT2D eigenvalue weighted by Crippen LogP contribution is -2.23. The summed E-state index contributed by atoms with van der Waals surface area (Å²) in [6, 6.07) is 3.14. The monoisotopic (exact) mass is 319 g/mol. The van der Waals surface area contributed by atoms with Crippen LogP contribution in [0.3, 0.4) is 0 Å². The molecular weight excluding hydrogens is 300 g/mol. The Morgan fingerprint density at radius 1 is 1.35 bits per heavy atom. The van der Waals surface area contributed by atoms with Gasteiger partial charge in [0.25, 0.3) is 0 Å². The molecule has 0 spiro atoms. The third kappa shape index (κ3) is 3.33. The fourth-order valence-corrected chi connectivity index (χ4v) is 2.88. The molecule has 1 aromatic heterocycles. The van der Waals surface area contributed by atoms with Crippen molar-refractivity contribution in [1.29, 1.82) is 0 Å². The van der Waals surface area contributed by atoms with Gasteiger partial charge in [-0.05, 0) is 43.4 Å². The number of hydrogen-bond donors (Lipinski definition) is 2. The van der Waals surface area contributed by atoms with Crippen LogP contribution in [0.5, 0.6) is 0 Å². The molecule has 5 nitrogen and oxygen atoms in total. The van der Waals surface area contributed by atoms with E-state index in [1.54, 1.807) is 0 Å². The number of aromatic nitrogens is 2. The number of nitrogens with one attached hydrogen (secondary N) is 1. The van der Waals surface area contributed by atoms with Gasteiger partial charge < -0.3 is 11.1 Å². The fraction of sp³-hybridized carbons (Fsp3) is 0.375. The molecule has 23 heavy (non-hydrogen) atoms. The van der Waals surface area contributed by atoms with E-state index in [0.29, 0.717) is 6.54 Å². The number of aliphatic imine (C=N–C) groups is 1. The van der Waals surface area contributed by atoms with Crippen LogP contribution in [0.4, 0.5) is 14.5 Å². The third-order valence-electron chi connectivity index (χ3n) is 4.04. The van der Waals surface area contributed by atoms with Crippen LogP contribution in [0.1, 0.15) is 29.8 Å². The molecule has 0 atom stereocenters. The summed E-state index contributed by atoms with van der Waals surface area (Å²) in [4.78, 5) is 4.23. The number of guanidine groups is 1. The molecule has 122 valence electrons. The minimum absolute atomic E-state index is 0.0294. The molecule has 0 fully saturated rings. The molecule has 2 aromatic rings. The first kappa shape index (κ1) is 15.5. The highest BCUT2D eigenvalue weighted by Gasteiger charge is 2.18. The highest BCUT2D eigenvalue weighted by Crippen LogP contribution is 2.24. The normalized spacial score (nSPS) is 14.7. The van der Waals surface area contributed by atoms with E-state index in [0.717, 1.165) is 55.3 Å². The van der Waals surface area contributed by atoms with E-state index < -0.39 is 11.6 Å². The average molecular weight is 319 g/mol. The van der Waals surface area contributed by atoms with Crippen molar-refractivity contribution < 1.29 is 8.78 Å². The van der Waals surface area contributed by atoms with Gasteiger partial charge in [-0.15, -0.1) is 0 Å². The molecule has 1 aromatic carbocycles. The molecule has 0 unspecified atom stereocenters. The zero-order valence-corrected chi connectivity index (χ0v) is 12.9. The van der Waals surface area contributed by atoms with Gasteiger partial charge in [0.1, 0.15) is 11.6 Å². The average Bonchev–Trinajstić information content (AvgIpc) is 2.84. The van der Waals surface area contributed by atoms with E-state index in [1.165, 1.54) is 5.56 Å². The highest BCUT2D eigenvalue weighted by molar-refractivity contribution is 5.92. The predicted molar refractivity (Wildman–Crippen MR) is 85.2 cm³/mol. The first-order valence-electron chi connectivity index (χ1n) is 7.60. The van der Waals surface area contributed by atoms with Crippen molar-refractivity contribution in [2.24, 2.45) is 17.8 Å². The van der Waals surface area contributed by atoms with Crippen molar-refractivity contribution in [3.8, 4) is 0 Å². The zero-order chi connectivity index (χ0) is 16.4. The lowest BCUT2D eigenvalue weighted by molar-refractivity contribution is 0.604. The maximum Gasteiger partial charge on any atom is 0.193 e. The summed E-state index contributed by atoms with van der Waals surface area (Å²) in [7, 11) is 1.89. The predicted octanol–water partition coefficient (Wildman–Crippen LogP) is 2.50. The lowest BCUT2D eigenvalue weighted by atomic mass is 9.96. The number of nitrogens with zero attached hydrogens (tertiary/aromatic N) is 3. The summed E-state index contributed by atoms with van der Waals surface area (Å²) in [6.07, 6.45) is 4.31. The maximum atomic E-state index is 13.6. The standard InChI is InChI=1S/C16H19F2N5/c1-23-15(11-4-2-3-5-13(11)22-23)9-20-16(19)21-14-8-10(17)6-7-12(14)18/h6-8H,2-5,9H2,1H3,(H3,19,20,21). The van der Waals surface area contributed by atoms with Gasteiger partial charge in [0.2, 0.25) is 0 Å². The molecule has 0 radical (unpaired) electrons. The molecule has 0 aliphatic heterocycles. The van der Waals surface area contributed by atoms with Gasteiger partial charge in [-0.3, -0.25) is 4.68 Å².